The number of nitrogens with zero attached hydrogens (tertiary/aromatic N) is 3. The molecular weight excluding hydrogens is 409 g/mol. The minimum atomic E-state index is -4.90. The number of benzene rings is 2. The van der Waals surface area contributed by atoms with E-state index in [1.54, 1.807) is 12.1 Å². The minimum absolute atomic E-state index is 0.0356. The van der Waals surface area contributed by atoms with E-state index in [1.165, 1.54) is 16.2 Å². The van der Waals surface area contributed by atoms with Gasteiger partial charge in [0.05, 0.1) is 11.3 Å². The average molecular weight is 431 g/mol. The van der Waals surface area contributed by atoms with Crippen molar-refractivity contribution >= 4 is 7.82 Å². The molecule has 158 valence electrons. The molecule has 4 N–H and O–H groups in total. The van der Waals surface area contributed by atoms with Gasteiger partial charge in [0.2, 0.25) is 0 Å². The second-order valence-corrected chi connectivity index (χ2v) is 8.78. The number of fused-ring (bicyclic) bond motifs is 1. The van der Waals surface area contributed by atoms with Gasteiger partial charge in [-0.25, -0.2) is 9.13 Å². The summed E-state index contributed by atoms with van der Waals surface area (Å²) in [5.74, 6) is -0.196. The first kappa shape index (κ1) is 20.4. The number of hydrogen-bond donors (Lipinski definition) is 4. The van der Waals surface area contributed by atoms with Crippen LogP contribution in [0.3, 0.4) is 0 Å². The predicted molar refractivity (Wildman–Crippen MR) is 109 cm³/mol. The van der Waals surface area contributed by atoms with Crippen molar-refractivity contribution in [2.75, 3.05) is 0 Å². The van der Waals surface area contributed by atoms with Crippen LogP contribution in [0.5, 0.6) is 17.5 Å². The molecule has 30 heavy (non-hydrogen) atoms. The van der Waals surface area contributed by atoms with Gasteiger partial charge in [0.25, 0.3) is 0 Å². The van der Waals surface area contributed by atoms with Crippen LogP contribution in [-0.2, 0) is 17.4 Å². The van der Waals surface area contributed by atoms with Gasteiger partial charge in [-0.3, -0.25) is 9.79 Å². The molecule has 3 aromatic rings. The van der Waals surface area contributed by atoms with Gasteiger partial charge in [-0.2, -0.15) is 0 Å². The highest BCUT2D eigenvalue weighted by atomic mass is 31.2. The Hall–Kier alpha value is -2.87. The molecule has 0 saturated carbocycles. The van der Waals surface area contributed by atoms with Gasteiger partial charge in [-0.05, 0) is 60.1 Å². The Balaban J connectivity index is 1.94. The molecular formula is C20H22N3O6P. The van der Waals surface area contributed by atoms with Crippen molar-refractivity contribution in [3.63, 3.8) is 0 Å². The molecule has 0 fully saturated rings. The number of phenols is 2. The van der Waals surface area contributed by atoms with Gasteiger partial charge in [-0.1, -0.05) is 25.0 Å². The van der Waals surface area contributed by atoms with Crippen molar-refractivity contribution in [1.82, 2.24) is 14.8 Å². The molecule has 9 nitrogen and oxygen atoms in total. The van der Waals surface area contributed by atoms with E-state index in [9.17, 15) is 24.6 Å². The summed E-state index contributed by atoms with van der Waals surface area (Å²) in [5, 5.41) is 28.5. The van der Waals surface area contributed by atoms with E-state index in [0.29, 0.717) is 11.3 Å². The van der Waals surface area contributed by atoms with E-state index >= 15 is 0 Å². The van der Waals surface area contributed by atoms with Crippen molar-refractivity contribution < 1.29 is 29.1 Å². The van der Waals surface area contributed by atoms with Crippen molar-refractivity contribution in [1.29, 1.82) is 0 Å². The summed E-state index contributed by atoms with van der Waals surface area (Å²) in [7, 11) is -4.90. The highest BCUT2D eigenvalue weighted by molar-refractivity contribution is 7.46. The summed E-state index contributed by atoms with van der Waals surface area (Å²) in [5.41, 5.74) is 3.75. The lowest BCUT2D eigenvalue weighted by molar-refractivity contribution is 0.273. The SMILES string of the molecule is CC(C)c1cc(-c2nnc(OP(=O)(O)O)n2-c2ccc3c(c2)CCC3)c(O)cc1O. The first-order valence-corrected chi connectivity index (χ1v) is 11.1. The van der Waals surface area contributed by atoms with E-state index in [4.69, 9.17) is 4.52 Å². The second-order valence-electron chi connectivity index (χ2n) is 7.61. The topological polar surface area (TPSA) is 138 Å². The van der Waals surface area contributed by atoms with Crippen LogP contribution in [0.15, 0.2) is 30.3 Å². The average Bonchev–Trinajstić information content (AvgIpc) is 3.26. The molecule has 1 aliphatic rings. The third kappa shape index (κ3) is 3.79. The Labute approximate surface area is 172 Å². The van der Waals surface area contributed by atoms with E-state index in [-0.39, 0.29) is 28.8 Å². The maximum absolute atomic E-state index is 11.5. The zero-order chi connectivity index (χ0) is 21.6. The zero-order valence-electron chi connectivity index (χ0n) is 16.5. The minimum Gasteiger partial charge on any atom is -0.508 e. The molecule has 0 aliphatic heterocycles. The molecule has 1 heterocycles. The van der Waals surface area contributed by atoms with E-state index < -0.39 is 13.8 Å². The molecule has 0 amide bonds. The summed E-state index contributed by atoms with van der Waals surface area (Å²) in [4.78, 5) is 18.6. The number of aryl methyl sites for hydroxylation is 2. The molecule has 0 bridgehead atoms. The zero-order valence-corrected chi connectivity index (χ0v) is 17.4. The van der Waals surface area contributed by atoms with Crippen LogP contribution >= 0.6 is 7.82 Å². The van der Waals surface area contributed by atoms with Gasteiger partial charge in [-0.15, -0.1) is 5.10 Å². The third-order valence-corrected chi connectivity index (χ3v) is 5.58. The molecule has 0 atom stereocenters. The van der Waals surface area contributed by atoms with Crippen LogP contribution in [0.1, 0.15) is 42.9 Å². The summed E-state index contributed by atoms with van der Waals surface area (Å²) < 4.78 is 17.6. The molecule has 10 heteroatoms. The Morgan fingerprint density at radius 2 is 1.77 bits per heavy atom. The highest BCUT2D eigenvalue weighted by Gasteiger charge is 2.27. The summed E-state index contributed by atoms with van der Waals surface area (Å²) in [6, 6.07) is 8.07. The summed E-state index contributed by atoms with van der Waals surface area (Å²) in [6.07, 6.45) is 2.92. The second kappa shape index (κ2) is 7.43. The smallest absolute Gasteiger partial charge is 0.508 e. The van der Waals surface area contributed by atoms with Crippen LogP contribution in [0, 0.1) is 0 Å². The Morgan fingerprint density at radius 1 is 1.03 bits per heavy atom. The molecule has 4 rings (SSSR count). The number of phosphoric ester groups is 1. The molecule has 0 spiro atoms. The Bertz CT molecular complexity index is 1170. The van der Waals surface area contributed by atoms with Crippen LogP contribution in [0.4, 0.5) is 0 Å². The van der Waals surface area contributed by atoms with Crippen LogP contribution in [-0.4, -0.2) is 34.8 Å². The fraction of sp³-hybridized carbons (Fsp3) is 0.300. The standard InChI is InChI=1S/C20H22N3O6P/c1-11(2)15-9-16(18(25)10-17(15)24)19-21-22-20(29-30(26,27)28)23(19)14-7-6-12-4-3-5-13(12)8-14/h6-11,24-25H,3-5H2,1-2H3,(H2,26,27,28). The van der Waals surface area contributed by atoms with Crippen LogP contribution < -0.4 is 4.52 Å². The highest BCUT2D eigenvalue weighted by Crippen LogP contribution is 2.42. The number of rotatable bonds is 5. The maximum Gasteiger partial charge on any atom is 0.527 e. The monoisotopic (exact) mass is 431 g/mol. The molecule has 1 aromatic heterocycles. The van der Waals surface area contributed by atoms with Crippen molar-refractivity contribution in [3.8, 4) is 34.6 Å². The number of aromatic nitrogens is 3. The van der Waals surface area contributed by atoms with E-state index in [0.717, 1.165) is 24.8 Å². The molecule has 2 aromatic carbocycles. The number of phosphoric acid groups is 1. The lowest BCUT2D eigenvalue weighted by Crippen LogP contribution is -2.04. The summed E-state index contributed by atoms with van der Waals surface area (Å²) >= 11 is 0. The fourth-order valence-electron chi connectivity index (χ4n) is 3.78. The van der Waals surface area contributed by atoms with Crippen LogP contribution in [0.2, 0.25) is 0 Å². The van der Waals surface area contributed by atoms with Crippen LogP contribution in [0.25, 0.3) is 17.1 Å². The molecule has 0 saturated heterocycles. The van der Waals surface area contributed by atoms with Gasteiger partial charge < -0.3 is 14.7 Å². The predicted octanol–water partition coefficient (Wildman–Crippen LogP) is 3.43. The van der Waals surface area contributed by atoms with E-state index in [2.05, 4.69) is 10.2 Å². The lowest BCUT2D eigenvalue weighted by atomic mass is 9.98. The molecule has 0 unspecified atom stereocenters. The Kier molecular flexibility index (Phi) is 5.05. The number of hydrogen-bond acceptors (Lipinski definition) is 6. The van der Waals surface area contributed by atoms with Gasteiger partial charge in [0.1, 0.15) is 11.5 Å². The van der Waals surface area contributed by atoms with Crippen molar-refractivity contribution in [3.05, 3.63) is 47.0 Å². The summed E-state index contributed by atoms with van der Waals surface area (Å²) in [6.45, 7) is 3.78. The van der Waals surface area contributed by atoms with Gasteiger partial charge in [0, 0.05) is 6.07 Å². The Morgan fingerprint density at radius 3 is 2.47 bits per heavy atom. The molecule has 0 radical (unpaired) electrons. The normalized spacial score (nSPS) is 13.6. The lowest BCUT2D eigenvalue weighted by Gasteiger charge is -2.15. The third-order valence-electron chi connectivity index (χ3n) is 5.18. The van der Waals surface area contributed by atoms with E-state index in [1.807, 2.05) is 26.0 Å². The van der Waals surface area contributed by atoms with Gasteiger partial charge in [0.15, 0.2) is 5.82 Å². The first-order chi connectivity index (χ1) is 14.1. The first-order valence-electron chi connectivity index (χ1n) is 9.53. The largest absolute Gasteiger partial charge is 0.527 e. The maximum atomic E-state index is 11.5. The fourth-order valence-corrected chi connectivity index (χ4v) is 4.11. The quantitative estimate of drug-likeness (QED) is 0.451. The number of aromatic hydroxyl groups is 2. The van der Waals surface area contributed by atoms with Crippen molar-refractivity contribution in [2.24, 2.45) is 0 Å². The van der Waals surface area contributed by atoms with Gasteiger partial charge >= 0.3 is 13.8 Å². The number of phenolic OH excluding ortho intramolecular Hbond substituents is 2. The molecule has 1 aliphatic carbocycles. The van der Waals surface area contributed by atoms with Crippen molar-refractivity contribution in [2.45, 2.75) is 39.0 Å².